The van der Waals surface area contributed by atoms with Crippen molar-refractivity contribution in [3.05, 3.63) is 52.5 Å². The molecule has 0 aliphatic heterocycles. The predicted octanol–water partition coefficient (Wildman–Crippen LogP) is 4.73. The molecular formula is C18H20BrNO3S. The number of methoxy groups -OCH3 is 2. The van der Waals surface area contributed by atoms with Crippen LogP contribution in [0.5, 0.6) is 11.5 Å². The second-order valence-electron chi connectivity index (χ2n) is 5.14. The van der Waals surface area contributed by atoms with Gasteiger partial charge in [-0.1, -0.05) is 28.1 Å². The minimum Gasteiger partial charge on any atom is -0.497 e. The number of carbonyl (C=O) groups excluding carboxylic acids is 1. The largest absolute Gasteiger partial charge is 0.497 e. The van der Waals surface area contributed by atoms with Crippen molar-refractivity contribution in [2.24, 2.45) is 0 Å². The van der Waals surface area contributed by atoms with Gasteiger partial charge < -0.3 is 14.8 Å². The number of hydrogen-bond acceptors (Lipinski definition) is 4. The molecule has 2 rings (SSSR count). The van der Waals surface area contributed by atoms with Crippen LogP contribution < -0.4 is 14.8 Å². The van der Waals surface area contributed by atoms with Crippen LogP contribution in [0.4, 0.5) is 5.69 Å². The van der Waals surface area contributed by atoms with Gasteiger partial charge in [-0.2, -0.15) is 0 Å². The molecule has 2 aromatic rings. The van der Waals surface area contributed by atoms with Crippen LogP contribution in [0.15, 0.2) is 46.9 Å². The van der Waals surface area contributed by atoms with Gasteiger partial charge in [-0.15, -0.1) is 11.8 Å². The number of carbonyl (C=O) groups is 1. The molecule has 1 N–H and O–H groups in total. The first-order valence-electron chi connectivity index (χ1n) is 7.42. The highest BCUT2D eigenvalue weighted by atomic mass is 79.9. The van der Waals surface area contributed by atoms with Gasteiger partial charge in [0.1, 0.15) is 11.5 Å². The van der Waals surface area contributed by atoms with Gasteiger partial charge in [-0.3, -0.25) is 4.79 Å². The minimum absolute atomic E-state index is 0.0680. The summed E-state index contributed by atoms with van der Waals surface area (Å²) < 4.78 is 11.5. The smallest absolute Gasteiger partial charge is 0.237 e. The summed E-state index contributed by atoms with van der Waals surface area (Å²) in [5.41, 5.74) is 1.78. The third kappa shape index (κ3) is 5.18. The van der Waals surface area contributed by atoms with E-state index in [1.54, 1.807) is 44.2 Å². The molecule has 0 aliphatic rings. The maximum Gasteiger partial charge on any atom is 0.237 e. The van der Waals surface area contributed by atoms with Crippen molar-refractivity contribution in [2.45, 2.75) is 17.9 Å². The van der Waals surface area contributed by atoms with E-state index in [1.807, 2.05) is 25.1 Å². The number of ether oxygens (including phenoxy) is 2. The number of benzene rings is 2. The molecule has 0 saturated heterocycles. The Hall–Kier alpha value is -1.66. The second kappa shape index (κ2) is 8.99. The van der Waals surface area contributed by atoms with Crippen LogP contribution in [-0.4, -0.2) is 25.4 Å². The van der Waals surface area contributed by atoms with E-state index < -0.39 is 0 Å². The molecule has 24 heavy (non-hydrogen) atoms. The van der Waals surface area contributed by atoms with Crippen molar-refractivity contribution in [2.75, 3.05) is 19.5 Å². The molecule has 6 heteroatoms. The molecule has 0 bridgehead atoms. The van der Waals surface area contributed by atoms with Gasteiger partial charge in [0, 0.05) is 16.3 Å². The summed E-state index contributed by atoms with van der Waals surface area (Å²) in [4.78, 5) is 12.4. The van der Waals surface area contributed by atoms with Crippen molar-refractivity contribution < 1.29 is 14.3 Å². The molecule has 1 unspecified atom stereocenters. The van der Waals surface area contributed by atoms with E-state index in [9.17, 15) is 4.79 Å². The van der Waals surface area contributed by atoms with Gasteiger partial charge in [-0.25, -0.2) is 0 Å². The molecule has 0 aromatic heterocycles. The summed E-state index contributed by atoms with van der Waals surface area (Å²) in [7, 11) is 3.16. The monoisotopic (exact) mass is 409 g/mol. The minimum atomic E-state index is -0.195. The number of halogens is 1. The molecule has 4 nitrogen and oxygen atoms in total. The normalized spacial score (nSPS) is 11.7. The third-order valence-electron chi connectivity index (χ3n) is 3.42. The lowest BCUT2D eigenvalue weighted by molar-refractivity contribution is -0.115. The fraction of sp³-hybridized carbons (Fsp3) is 0.278. The fourth-order valence-corrected chi connectivity index (χ4v) is 3.35. The molecule has 0 saturated carbocycles. The van der Waals surface area contributed by atoms with Gasteiger partial charge in [0.05, 0.1) is 25.2 Å². The van der Waals surface area contributed by atoms with Gasteiger partial charge in [0.25, 0.3) is 0 Å². The van der Waals surface area contributed by atoms with E-state index in [2.05, 4.69) is 27.3 Å². The zero-order valence-electron chi connectivity index (χ0n) is 13.8. The van der Waals surface area contributed by atoms with E-state index in [0.717, 1.165) is 10.2 Å². The van der Waals surface area contributed by atoms with Crippen molar-refractivity contribution >= 4 is 39.3 Å². The van der Waals surface area contributed by atoms with Crippen LogP contribution in [0.1, 0.15) is 12.5 Å². The molecule has 2 aromatic carbocycles. The highest BCUT2D eigenvalue weighted by Gasteiger charge is 2.16. The quantitative estimate of drug-likeness (QED) is 0.717. The van der Waals surface area contributed by atoms with Crippen LogP contribution >= 0.6 is 27.7 Å². The molecule has 0 heterocycles. The van der Waals surface area contributed by atoms with Crippen molar-refractivity contribution in [3.8, 4) is 11.5 Å². The van der Waals surface area contributed by atoms with Crippen LogP contribution in [-0.2, 0) is 10.5 Å². The Morgan fingerprint density at radius 1 is 1.21 bits per heavy atom. The molecule has 1 atom stereocenters. The highest BCUT2D eigenvalue weighted by Crippen LogP contribution is 2.30. The molecule has 0 aliphatic carbocycles. The van der Waals surface area contributed by atoms with Crippen LogP contribution in [0.25, 0.3) is 0 Å². The summed E-state index contributed by atoms with van der Waals surface area (Å²) in [6.07, 6.45) is 0. The first-order chi connectivity index (χ1) is 11.5. The number of amides is 1. The number of rotatable bonds is 7. The second-order valence-corrected chi connectivity index (χ2v) is 7.38. The van der Waals surface area contributed by atoms with E-state index in [0.29, 0.717) is 17.2 Å². The lowest BCUT2D eigenvalue weighted by Crippen LogP contribution is -2.23. The van der Waals surface area contributed by atoms with Gasteiger partial charge in [0.2, 0.25) is 5.91 Å². The molecule has 128 valence electrons. The van der Waals surface area contributed by atoms with Crippen LogP contribution in [0.3, 0.4) is 0 Å². The first-order valence-corrected chi connectivity index (χ1v) is 9.26. The van der Waals surface area contributed by atoms with E-state index in [-0.39, 0.29) is 11.2 Å². The molecule has 0 fully saturated rings. The summed E-state index contributed by atoms with van der Waals surface area (Å²) in [5.74, 6) is 1.97. The Morgan fingerprint density at radius 3 is 2.67 bits per heavy atom. The Bertz CT molecular complexity index is 708. The maximum absolute atomic E-state index is 12.4. The molecule has 1 amide bonds. The van der Waals surface area contributed by atoms with Crippen molar-refractivity contribution in [1.82, 2.24) is 0 Å². The Morgan fingerprint density at radius 2 is 2.00 bits per heavy atom. The van der Waals surface area contributed by atoms with Crippen LogP contribution in [0.2, 0.25) is 0 Å². The number of nitrogens with one attached hydrogen (secondary N) is 1. The van der Waals surface area contributed by atoms with Gasteiger partial charge in [-0.05, 0) is 36.8 Å². The summed E-state index contributed by atoms with van der Waals surface area (Å²) in [5, 5.41) is 2.72. The zero-order chi connectivity index (χ0) is 17.5. The number of thioether (sulfide) groups is 1. The molecule has 0 radical (unpaired) electrons. The average molecular weight is 410 g/mol. The summed E-state index contributed by atoms with van der Waals surface area (Å²) in [6.45, 7) is 1.89. The molecular weight excluding hydrogens is 390 g/mol. The van der Waals surface area contributed by atoms with E-state index in [4.69, 9.17) is 9.47 Å². The maximum atomic E-state index is 12.4. The lowest BCUT2D eigenvalue weighted by atomic mass is 10.2. The lowest BCUT2D eigenvalue weighted by Gasteiger charge is -2.15. The molecule has 0 spiro atoms. The Kier molecular flexibility index (Phi) is 6.99. The summed E-state index contributed by atoms with van der Waals surface area (Å²) >= 11 is 5.04. The van der Waals surface area contributed by atoms with Crippen molar-refractivity contribution in [1.29, 1.82) is 0 Å². The highest BCUT2D eigenvalue weighted by molar-refractivity contribution is 9.10. The Balaban J connectivity index is 1.98. The van der Waals surface area contributed by atoms with E-state index >= 15 is 0 Å². The number of anilines is 1. The summed E-state index contributed by atoms with van der Waals surface area (Å²) in [6, 6.07) is 13.4. The third-order valence-corrected chi connectivity index (χ3v) is 5.13. The van der Waals surface area contributed by atoms with E-state index in [1.165, 1.54) is 5.56 Å². The van der Waals surface area contributed by atoms with Crippen LogP contribution in [0, 0.1) is 0 Å². The predicted molar refractivity (Wildman–Crippen MR) is 103 cm³/mol. The Labute approximate surface area is 155 Å². The van der Waals surface area contributed by atoms with Gasteiger partial charge >= 0.3 is 0 Å². The fourth-order valence-electron chi connectivity index (χ4n) is 2.07. The zero-order valence-corrected chi connectivity index (χ0v) is 16.2. The van der Waals surface area contributed by atoms with Crippen molar-refractivity contribution in [3.63, 3.8) is 0 Å². The standard InChI is InChI=1S/C18H20BrNO3S/c1-12(24-11-13-5-4-6-14(19)9-13)18(21)20-16-10-15(22-2)7-8-17(16)23-3/h4-10,12H,11H2,1-3H3,(H,20,21). The number of hydrogen-bond donors (Lipinski definition) is 1. The average Bonchev–Trinajstić information content (AvgIpc) is 2.59. The topological polar surface area (TPSA) is 47.6 Å². The SMILES string of the molecule is COc1ccc(OC)c(NC(=O)C(C)SCc2cccc(Br)c2)c1. The first kappa shape index (κ1) is 18.7. The van der Waals surface area contributed by atoms with Gasteiger partial charge in [0.15, 0.2) is 0 Å².